The van der Waals surface area contributed by atoms with Crippen LogP contribution in [0, 0.1) is 0 Å². The van der Waals surface area contributed by atoms with Crippen molar-refractivity contribution in [2.24, 2.45) is 0 Å². The highest BCUT2D eigenvalue weighted by atomic mass is 16.3. The predicted octanol–water partition coefficient (Wildman–Crippen LogP) is 3.64. The fourth-order valence-corrected chi connectivity index (χ4v) is 1.90. The number of allylic oxidation sites excluding steroid dienone is 1. The Bertz CT molecular complexity index is 337. The summed E-state index contributed by atoms with van der Waals surface area (Å²) in [7, 11) is 0. The van der Waals surface area contributed by atoms with E-state index in [4.69, 9.17) is 0 Å². The molecule has 0 unspecified atom stereocenters. The van der Waals surface area contributed by atoms with E-state index in [9.17, 15) is 5.11 Å². The molecule has 1 heteroatoms. The van der Waals surface area contributed by atoms with Crippen LogP contribution in [0.1, 0.15) is 32.8 Å². The fourth-order valence-electron chi connectivity index (χ4n) is 1.90. The molecule has 0 saturated heterocycles. The Morgan fingerprint density at radius 1 is 1.36 bits per heavy atom. The first-order chi connectivity index (χ1) is 6.43. The molecule has 14 heavy (non-hydrogen) atoms. The molecule has 0 saturated carbocycles. The molecule has 0 heterocycles. The van der Waals surface area contributed by atoms with E-state index >= 15 is 0 Å². The molecular formula is C13H18O. The van der Waals surface area contributed by atoms with E-state index in [-0.39, 0.29) is 5.41 Å². The van der Waals surface area contributed by atoms with Gasteiger partial charge in [0.1, 0.15) is 5.75 Å². The Balaban J connectivity index is 3.03. The number of benzene rings is 1. The average Bonchev–Trinajstić information content (AvgIpc) is 2.02. The predicted molar refractivity (Wildman–Crippen MR) is 60.6 cm³/mol. The highest BCUT2D eigenvalue weighted by Gasteiger charge is 2.23. The van der Waals surface area contributed by atoms with Crippen LogP contribution in [0.5, 0.6) is 5.75 Å². The molecule has 1 aromatic rings. The van der Waals surface area contributed by atoms with Crippen molar-refractivity contribution in [3.63, 3.8) is 0 Å². The van der Waals surface area contributed by atoms with Gasteiger partial charge in [0.15, 0.2) is 0 Å². The van der Waals surface area contributed by atoms with Gasteiger partial charge in [-0.15, -0.1) is 6.58 Å². The molecule has 0 spiro atoms. The Hall–Kier alpha value is -1.24. The van der Waals surface area contributed by atoms with Crippen molar-refractivity contribution >= 4 is 0 Å². The fraction of sp³-hybridized carbons (Fsp3) is 0.385. The van der Waals surface area contributed by atoms with Crippen LogP contribution in [0.25, 0.3) is 0 Å². The molecule has 76 valence electrons. The van der Waals surface area contributed by atoms with Gasteiger partial charge in [0.2, 0.25) is 0 Å². The van der Waals surface area contributed by atoms with Crippen molar-refractivity contribution in [1.82, 2.24) is 0 Å². The molecule has 0 aliphatic heterocycles. The second kappa shape index (κ2) is 3.87. The third-order valence-corrected chi connectivity index (χ3v) is 2.38. The zero-order chi connectivity index (χ0) is 10.8. The zero-order valence-corrected chi connectivity index (χ0v) is 9.17. The molecule has 0 aliphatic rings. The van der Waals surface area contributed by atoms with Crippen LogP contribution in [-0.2, 0) is 5.41 Å². The first-order valence-electron chi connectivity index (χ1n) is 4.86. The number of rotatable bonds is 3. The van der Waals surface area contributed by atoms with Crippen LogP contribution in [0.4, 0.5) is 0 Å². The van der Waals surface area contributed by atoms with E-state index in [1.54, 1.807) is 6.07 Å². The summed E-state index contributed by atoms with van der Waals surface area (Å²) in [5.74, 6) is 0.374. The van der Waals surface area contributed by atoms with Crippen LogP contribution >= 0.6 is 0 Å². The number of para-hydroxylation sites is 1. The molecule has 0 aromatic heterocycles. The number of phenols is 1. The molecule has 0 atom stereocenters. The van der Waals surface area contributed by atoms with Crippen molar-refractivity contribution in [2.75, 3.05) is 0 Å². The third-order valence-electron chi connectivity index (χ3n) is 2.38. The number of phenolic OH excluding ortho intramolecular Hbond substituents is 1. The Morgan fingerprint density at radius 3 is 2.43 bits per heavy atom. The van der Waals surface area contributed by atoms with Crippen LogP contribution < -0.4 is 0 Å². The minimum Gasteiger partial charge on any atom is -0.508 e. The maximum Gasteiger partial charge on any atom is 0.119 e. The standard InChI is InChI=1S/C13H18O/c1-10(2)9-13(3,4)11-7-5-6-8-12(11)14/h5-8,14H,1,9H2,2-4H3. The van der Waals surface area contributed by atoms with Gasteiger partial charge in [-0.1, -0.05) is 37.6 Å². The first-order valence-corrected chi connectivity index (χ1v) is 4.86. The number of hydrogen-bond donors (Lipinski definition) is 1. The third kappa shape index (κ3) is 2.38. The topological polar surface area (TPSA) is 20.2 Å². The van der Waals surface area contributed by atoms with Gasteiger partial charge >= 0.3 is 0 Å². The van der Waals surface area contributed by atoms with Crippen LogP contribution in [0.15, 0.2) is 36.4 Å². The molecular weight excluding hydrogens is 172 g/mol. The van der Waals surface area contributed by atoms with E-state index < -0.39 is 0 Å². The minimum atomic E-state index is -0.0445. The summed E-state index contributed by atoms with van der Waals surface area (Å²) >= 11 is 0. The van der Waals surface area contributed by atoms with Gasteiger partial charge in [0, 0.05) is 0 Å². The summed E-state index contributed by atoms with van der Waals surface area (Å²) in [4.78, 5) is 0. The zero-order valence-electron chi connectivity index (χ0n) is 9.17. The maximum absolute atomic E-state index is 9.73. The first kappa shape index (κ1) is 10.8. The Morgan fingerprint density at radius 2 is 1.93 bits per heavy atom. The van der Waals surface area contributed by atoms with E-state index in [0.29, 0.717) is 5.75 Å². The van der Waals surface area contributed by atoms with Gasteiger partial charge in [-0.2, -0.15) is 0 Å². The maximum atomic E-state index is 9.73. The monoisotopic (exact) mass is 190 g/mol. The minimum absolute atomic E-state index is 0.0445. The van der Waals surface area contributed by atoms with E-state index in [2.05, 4.69) is 20.4 Å². The lowest BCUT2D eigenvalue weighted by Gasteiger charge is -2.26. The summed E-state index contributed by atoms with van der Waals surface area (Å²) < 4.78 is 0. The summed E-state index contributed by atoms with van der Waals surface area (Å²) in [6.07, 6.45) is 0.893. The van der Waals surface area contributed by atoms with Crippen molar-refractivity contribution in [1.29, 1.82) is 0 Å². The van der Waals surface area contributed by atoms with Crippen LogP contribution in [0.2, 0.25) is 0 Å². The number of aromatic hydroxyl groups is 1. The highest BCUT2D eigenvalue weighted by Crippen LogP contribution is 2.34. The molecule has 1 nitrogen and oxygen atoms in total. The Labute approximate surface area is 86.1 Å². The summed E-state index contributed by atoms with van der Waals surface area (Å²) in [6.45, 7) is 10.2. The quantitative estimate of drug-likeness (QED) is 0.721. The summed E-state index contributed by atoms with van der Waals surface area (Å²) in [6, 6.07) is 7.50. The van der Waals surface area contributed by atoms with E-state index in [0.717, 1.165) is 17.6 Å². The van der Waals surface area contributed by atoms with Crippen LogP contribution in [0.3, 0.4) is 0 Å². The molecule has 0 aliphatic carbocycles. The van der Waals surface area contributed by atoms with E-state index in [1.165, 1.54) is 0 Å². The molecule has 0 bridgehead atoms. The summed E-state index contributed by atoms with van der Waals surface area (Å²) in [5.41, 5.74) is 2.08. The van der Waals surface area contributed by atoms with Crippen molar-refractivity contribution in [2.45, 2.75) is 32.6 Å². The second-order valence-electron chi connectivity index (χ2n) is 4.53. The van der Waals surface area contributed by atoms with Gasteiger partial charge in [0.25, 0.3) is 0 Å². The van der Waals surface area contributed by atoms with Gasteiger partial charge in [-0.3, -0.25) is 0 Å². The molecule has 0 fully saturated rings. The van der Waals surface area contributed by atoms with Crippen molar-refractivity contribution in [3.05, 3.63) is 42.0 Å². The average molecular weight is 190 g/mol. The van der Waals surface area contributed by atoms with Gasteiger partial charge in [-0.05, 0) is 30.4 Å². The molecule has 0 radical (unpaired) electrons. The van der Waals surface area contributed by atoms with Crippen molar-refractivity contribution in [3.8, 4) is 5.75 Å². The SMILES string of the molecule is C=C(C)CC(C)(C)c1ccccc1O. The lowest BCUT2D eigenvalue weighted by atomic mass is 9.79. The molecule has 0 amide bonds. The second-order valence-corrected chi connectivity index (χ2v) is 4.53. The lowest BCUT2D eigenvalue weighted by molar-refractivity contribution is 0.433. The number of hydrogen-bond acceptors (Lipinski definition) is 1. The van der Waals surface area contributed by atoms with Crippen molar-refractivity contribution < 1.29 is 5.11 Å². The van der Waals surface area contributed by atoms with Gasteiger partial charge in [0.05, 0.1) is 0 Å². The van der Waals surface area contributed by atoms with E-state index in [1.807, 2.05) is 25.1 Å². The van der Waals surface area contributed by atoms with Crippen LogP contribution in [-0.4, -0.2) is 5.11 Å². The normalized spacial score (nSPS) is 11.4. The molecule has 1 N–H and O–H groups in total. The van der Waals surface area contributed by atoms with Gasteiger partial charge < -0.3 is 5.11 Å². The largest absolute Gasteiger partial charge is 0.508 e. The summed E-state index contributed by atoms with van der Waals surface area (Å²) in [5, 5.41) is 9.73. The Kier molecular flexibility index (Phi) is 3.00. The van der Waals surface area contributed by atoms with Gasteiger partial charge in [-0.25, -0.2) is 0 Å². The molecule has 1 rings (SSSR count). The smallest absolute Gasteiger partial charge is 0.119 e. The lowest BCUT2D eigenvalue weighted by Crippen LogP contribution is -2.17. The highest BCUT2D eigenvalue weighted by molar-refractivity contribution is 5.38. The molecule has 1 aromatic carbocycles.